The standard InChI is InChI=1S/C23H16ClN3O6S/c1-13-3-2-4-15(9-13)25-21(28)12-26-22(29)20(34-23(26)30)11-16-6-8-19(33-16)14-5-7-17(24)18(10-14)27(31)32/h2-11H,12H2,1H3,(H,25,28). The third kappa shape index (κ3) is 5.03. The largest absolute Gasteiger partial charge is 0.457 e. The Morgan fingerprint density at radius 3 is 2.74 bits per heavy atom. The molecular weight excluding hydrogens is 482 g/mol. The summed E-state index contributed by atoms with van der Waals surface area (Å²) >= 11 is 6.53. The van der Waals surface area contributed by atoms with Crippen LogP contribution in [0.1, 0.15) is 11.3 Å². The lowest BCUT2D eigenvalue weighted by molar-refractivity contribution is -0.384. The summed E-state index contributed by atoms with van der Waals surface area (Å²) in [5.41, 5.74) is 1.69. The minimum atomic E-state index is -0.616. The molecule has 1 fully saturated rings. The number of carbonyl (C=O) groups is 3. The first-order valence-electron chi connectivity index (χ1n) is 9.87. The van der Waals surface area contributed by atoms with Gasteiger partial charge in [0, 0.05) is 23.4 Å². The first-order valence-corrected chi connectivity index (χ1v) is 11.1. The fourth-order valence-electron chi connectivity index (χ4n) is 3.22. The van der Waals surface area contributed by atoms with Gasteiger partial charge in [-0.15, -0.1) is 0 Å². The third-order valence-electron chi connectivity index (χ3n) is 4.80. The molecule has 1 N–H and O–H groups in total. The molecule has 0 bridgehead atoms. The normalized spacial score (nSPS) is 14.6. The number of hydrogen-bond donors (Lipinski definition) is 1. The summed E-state index contributed by atoms with van der Waals surface area (Å²) in [7, 11) is 0. The van der Waals surface area contributed by atoms with E-state index in [1.165, 1.54) is 18.2 Å². The maximum atomic E-state index is 12.7. The van der Waals surface area contributed by atoms with Crippen LogP contribution in [0.4, 0.5) is 16.2 Å². The SMILES string of the molecule is Cc1cccc(NC(=O)CN2C(=O)SC(=Cc3ccc(-c4ccc(Cl)c([N+](=O)[O-])c4)o3)C2=O)c1. The summed E-state index contributed by atoms with van der Waals surface area (Å²) in [4.78, 5) is 48.8. The highest BCUT2D eigenvalue weighted by Crippen LogP contribution is 2.34. The van der Waals surface area contributed by atoms with Crippen molar-refractivity contribution in [2.75, 3.05) is 11.9 Å². The van der Waals surface area contributed by atoms with Crippen molar-refractivity contribution in [1.82, 2.24) is 4.90 Å². The zero-order chi connectivity index (χ0) is 24.4. The van der Waals surface area contributed by atoms with Crippen LogP contribution in [0.2, 0.25) is 5.02 Å². The van der Waals surface area contributed by atoms with Crippen molar-refractivity contribution in [3.8, 4) is 11.3 Å². The molecule has 3 amide bonds. The summed E-state index contributed by atoms with van der Waals surface area (Å²) in [5.74, 6) is -0.529. The van der Waals surface area contributed by atoms with Crippen molar-refractivity contribution in [2.24, 2.45) is 0 Å². The van der Waals surface area contributed by atoms with Crippen molar-refractivity contribution in [3.05, 3.63) is 86.0 Å². The fraction of sp³-hybridized carbons (Fsp3) is 0.0870. The Kier molecular flexibility index (Phi) is 6.53. The molecule has 0 atom stereocenters. The van der Waals surface area contributed by atoms with Crippen molar-refractivity contribution >= 4 is 57.9 Å². The van der Waals surface area contributed by atoms with E-state index < -0.39 is 28.5 Å². The van der Waals surface area contributed by atoms with Crippen LogP contribution in [0.3, 0.4) is 0 Å². The molecule has 0 aliphatic carbocycles. The van der Waals surface area contributed by atoms with E-state index in [2.05, 4.69) is 5.32 Å². The number of hydrogen-bond acceptors (Lipinski definition) is 7. The number of furan rings is 1. The number of nitrogens with zero attached hydrogens (tertiary/aromatic N) is 2. The molecule has 11 heteroatoms. The van der Waals surface area contributed by atoms with E-state index in [1.54, 1.807) is 36.4 Å². The number of imide groups is 1. The van der Waals surface area contributed by atoms with E-state index in [4.69, 9.17) is 16.0 Å². The number of amides is 3. The van der Waals surface area contributed by atoms with Gasteiger partial charge in [-0.2, -0.15) is 0 Å². The molecule has 1 aliphatic heterocycles. The zero-order valence-electron chi connectivity index (χ0n) is 17.6. The Morgan fingerprint density at radius 2 is 2.00 bits per heavy atom. The Balaban J connectivity index is 1.47. The Bertz CT molecular complexity index is 1370. The quantitative estimate of drug-likeness (QED) is 0.271. The molecule has 0 spiro atoms. The molecule has 1 aliphatic rings. The molecule has 0 unspecified atom stereocenters. The molecule has 4 rings (SSSR count). The zero-order valence-corrected chi connectivity index (χ0v) is 19.2. The summed E-state index contributed by atoms with van der Waals surface area (Å²) in [6.45, 7) is 1.46. The minimum Gasteiger partial charge on any atom is -0.457 e. The molecule has 172 valence electrons. The van der Waals surface area contributed by atoms with Gasteiger partial charge in [0.15, 0.2) is 0 Å². The molecular formula is C23H16ClN3O6S. The number of carbonyl (C=O) groups excluding carboxylic acids is 3. The number of nitrogens with one attached hydrogen (secondary N) is 1. The molecule has 3 aromatic rings. The Morgan fingerprint density at radius 1 is 1.21 bits per heavy atom. The van der Waals surface area contributed by atoms with Crippen molar-refractivity contribution < 1.29 is 23.7 Å². The van der Waals surface area contributed by atoms with Crippen LogP contribution < -0.4 is 5.32 Å². The summed E-state index contributed by atoms with van der Waals surface area (Å²) < 4.78 is 5.68. The summed E-state index contributed by atoms with van der Waals surface area (Å²) in [5, 5.41) is 13.2. The smallest absolute Gasteiger partial charge is 0.294 e. The van der Waals surface area contributed by atoms with Crippen molar-refractivity contribution in [2.45, 2.75) is 6.92 Å². The van der Waals surface area contributed by atoms with E-state index in [0.717, 1.165) is 10.5 Å². The molecule has 9 nitrogen and oxygen atoms in total. The molecule has 2 aromatic carbocycles. The van der Waals surface area contributed by atoms with Gasteiger partial charge in [-0.1, -0.05) is 23.7 Å². The molecule has 34 heavy (non-hydrogen) atoms. The average Bonchev–Trinajstić information content (AvgIpc) is 3.34. The Hall–Kier alpha value is -3.89. The number of nitro groups is 1. The van der Waals surface area contributed by atoms with E-state index in [-0.39, 0.29) is 21.4 Å². The molecule has 0 saturated carbocycles. The predicted molar refractivity (Wildman–Crippen MR) is 128 cm³/mol. The predicted octanol–water partition coefficient (Wildman–Crippen LogP) is 5.49. The summed E-state index contributed by atoms with van der Waals surface area (Å²) in [6.07, 6.45) is 1.39. The van der Waals surface area contributed by atoms with Gasteiger partial charge in [-0.3, -0.25) is 29.4 Å². The van der Waals surface area contributed by atoms with Gasteiger partial charge in [-0.25, -0.2) is 0 Å². The molecule has 1 saturated heterocycles. The number of thioether (sulfide) groups is 1. The van der Waals surface area contributed by atoms with Crippen LogP contribution >= 0.6 is 23.4 Å². The maximum absolute atomic E-state index is 12.7. The highest BCUT2D eigenvalue weighted by atomic mass is 35.5. The van der Waals surface area contributed by atoms with Gasteiger partial charge in [-0.05, 0) is 60.6 Å². The van der Waals surface area contributed by atoms with E-state index in [9.17, 15) is 24.5 Å². The second-order valence-corrected chi connectivity index (χ2v) is 8.71. The lowest BCUT2D eigenvalue weighted by Gasteiger charge is -2.12. The van der Waals surface area contributed by atoms with Gasteiger partial charge in [0.05, 0.1) is 9.83 Å². The fourth-order valence-corrected chi connectivity index (χ4v) is 4.23. The van der Waals surface area contributed by atoms with Crippen molar-refractivity contribution in [1.29, 1.82) is 0 Å². The maximum Gasteiger partial charge on any atom is 0.294 e. The van der Waals surface area contributed by atoms with Gasteiger partial charge in [0.2, 0.25) is 5.91 Å². The lowest BCUT2D eigenvalue weighted by Crippen LogP contribution is -2.36. The van der Waals surface area contributed by atoms with Crippen LogP contribution in [0.25, 0.3) is 17.4 Å². The first-order chi connectivity index (χ1) is 16.2. The number of halogens is 1. The van der Waals surface area contributed by atoms with Crippen LogP contribution in [-0.4, -0.2) is 33.4 Å². The van der Waals surface area contributed by atoms with E-state index in [1.807, 2.05) is 13.0 Å². The van der Waals surface area contributed by atoms with Crippen LogP contribution in [-0.2, 0) is 9.59 Å². The number of anilines is 1. The average molecular weight is 498 g/mol. The number of aryl methyl sites for hydroxylation is 1. The third-order valence-corrected chi connectivity index (χ3v) is 6.03. The highest BCUT2D eigenvalue weighted by molar-refractivity contribution is 8.18. The first kappa shape index (κ1) is 23.3. The second kappa shape index (κ2) is 9.54. The number of nitro benzene ring substituents is 1. The van der Waals surface area contributed by atoms with E-state index in [0.29, 0.717) is 28.8 Å². The highest BCUT2D eigenvalue weighted by Gasteiger charge is 2.36. The van der Waals surface area contributed by atoms with Crippen LogP contribution in [0.15, 0.2) is 63.9 Å². The van der Waals surface area contributed by atoms with E-state index >= 15 is 0 Å². The minimum absolute atomic E-state index is 0.000592. The van der Waals surface area contributed by atoms with Crippen molar-refractivity contribution in [3.63, 3.8) is 0 Å². The van der Waals surface area contributed by atoms with Gasteiger partial charge < -0.3 is 9.73 Å². The van der Waals surface area contributed by atoms with Gasteiger partial charge >= 0.3 is 0 Å². The lowest BCUT2D eigenvalue weighted by atomic mass is 10.1. The van der Waals surface area contributed by atoms with Gasteiger partial charge in [0.1, 0.15) is 23.1 Å². The monoisotopic (exact) mass is 497 g/mol. The molecule has 2 heterocycles. The van der Waals surface area contributed by atoms with Crippen LogP contribution in [0, 0.1) is 17.0 Å². The molecule has 0 radical (unpaired) electrons. The van der Waals surface area contributed by atoms with Crippen LogP contribution in [0.5, 0.6) is 0 Å². The van der Waals surface area contributed by atoms with Gasteiger partial charge in [0.25, 0.3) is 16.8 Å². The summed E-state index contributed by atoms with van der Waals surface area (Å²) in [6, 6.07) is 14.5. The topological polar surface area (TPSA) is 123 Å². The number of benzene rings is 2. The Labute approximate surface area is 202 Å². The second-order valence-electron chi connectivity index (χ2n) is 7.31. The number of rotatable bonds is 6. The molecule has 1 aromatic heterocycles.